The van der Waals surface area contributed by atoms with Crippen LogP contribution in [-0.2, 0) is 32.6 Å². The van der Waals surface area contributed by atoms with Crippen molar-refractivity contribution in [3.05, 3.63) is 124 Å². The van der Waals surface area contributed by atoms with Crippen molar-refractivity contribution in [1.29, 1.82) is 0 Å². The highest BCUT2D eigenvalue weighted by Crippen LogP contribution is 2.34. The van der Waals surface area contributed by atoms with Crippen LogP contribution in [0.1, 0.15) is 29.2 Å². The molecule has 236 valence electrons. The van der Waals surface area contributed by atoms with Crippen LogP contribution in [-0.4, -0.2) is 51.4 Å². The number of hydrogen-bond acceptors (Lipinski definition) is 5. The number of carbonyl (C=O) groups excluding carboxylic acids is 2. The summed E-state index contributed by atoms with van der Waals surface area (Å²) in [5.74, 6) is -0.564. The average Bonchev–Trinajstić information content (AvgIpc) is 3.03. The number of anilines is 1. The van der Waals surface area contributed by atoms with E-state index in [1.54, 1.807) is 24.3 Å². The van der Waals surface area contributed by atoms with Crippen molar-refractivity contribution in [2.24, 2.45) is 0 Å². The van der Waals surface area contributed by atoms with Crippen LogP contribution < -0.4 is 14.4 Å². The van der Waals surface area contributed by atoms with Crippen LogP contribution in [0.5, 0.6) is 5.75 Å². The second-order valence-corrected chi connectivity index (χ2v) is 13.5. The predicted octanol–water partition coefficient (Wildman–Crippen LogP) is 6.05. The first kappa shape index (κ1) is 33.7. The van der Waals surface area contributed by atoms with Gasteiger partial charge in [-0.05, 0) is 73.9 Å². The zero-order valence-corrected chi connectivity index (χ0v) is 28.3. The lowest BCUT2D eigenvalue weighted by atomic mass is 10.0. The molecule has 0 aliphatic rings. The lowest BCUT2D eigenvalue weighted by molar-refractivity contribution is -0.140. The highest BCUT2D eigenvalue weighted by atomic mass is 79.9. The van der Waals surface area contributed by atoms with Gasteiger partial charge in [0.15, 0.2) is 0 Å². The molecule has 0 fully saturated rings. The van der Waals surface area contributed by atoms with Crippen molar-refractivity contribution in [2.45, 2.75) is 44.7 Å². The zero-order valence-electron chi connectivity index (χ0n) is 25.9. The first-order valence-electron chi connectivity index (χ1n) is 14.6. The smallest absolute Gasteiger partial charge is 0.264 e. The molecule has 0 saturated carbocycles. The van der Waals surface area contributed by atoms with Gasteiger partial charge in [0.2, 0.25) is 11.8 Å². The summed E-state index contributed by atoms with van der Waals surface area (Å²) in [6, 6.07) is 27.7. The van der Waals surface area contributed by atoms with E-state index >= 15 is 0 Å². The molecule has 0 saturated heterocycles. The lowest BCUT2D eigenvalue weighted by Gasteiger charge is -2.34. The van der Waals surface area contributed by atoms with Crippen LogP contribution in [0.2, 0.25) is 0 Å². The summed E-state index contributed by atoms with van der Waals surface area (Å²) in [4.78, 5) is 29.7. The van der Waals surface area contributed by atoms with E-state index in [-0.39, 0.29) is 29.5 Å². The van der Waals surface area contributed by atoms with Gasteiger partial charge in [0.05, 0.1) is 17.7 Å². The number of aryl methyl sites for hydroxylation is 2. The minimum atomic E-state index is -4.24. The molecular formula is C35H38BrN3O5S. The minimum Gasteiger partial charge on any atom is -0.495 e. The van der Waals surface area contributed by atoms with Gasteiger partial charge in [-0.15, -0.1) is 0 Å². The summed E-state index contributed by atoms with van der Waals surface area (Å²) >= 11 is 3.45. The summed E-state index contributed by atoms with van der Waals surface area (Å²) in [7, 11) is -2.79. The lowest BCUT2D eigenvalue weighted by Crippen LogP contribution is -2.53. The molecule has 0 radical (unpaired) electrons. The van der Waals surface area contributed by atoms with Crippen LogP contribution in [0, 0.1) is 13.8 Å². The molecule has 0 heterocycles. The number of hydrogen-bond donors (Lipinski definition) is 1. The zero-order chi connectivity index (χ0) is 32.6. The molecule has 45 heavy (non-hydrogen) atoms. The van der Waals surface area contributed by atoms with Crippen LogP contribution in [0.3, 0.4) is 0 Å². The third-order valence-electron chi connectivity index (χ3n) is 7.38. The average molecular weight is 693 g/mol. The molecule has 8 nitrogen and oxygen atoms in total. The van der Waals surface area contributed by atoms with E-state index in [1.807, 2.05) is 81.4 Å². The van der Waals surface area contributed by atoms with Gasteiger partial charge in [0.1, 0.15) is 18.3 Å². The topological polar surface area (TPSA) is 96.0 Å². The Morgan fingerprint density at radius 1 is 0.867 bits per heavy atom. The monoisotopic (exact) mass is 691 g/mol. The normalized spacial score (nSPS) is 11.8. The van der Waals surface area contributed by atoms with Gasteiger partial charge in [-0.3, -0.25) is 13.9 Å². The number of ether oxygens (including phenoxy) is 1. The number of sulfonamides is 1. The Balaban J connectivity index is 1.84. The van der Waals surface area contributed by atoms with Crippen LogP contribution in [0.4, 0.5) is 5.69 Å². The summed E-state index contributed by atoms with van der Waals surface area (Å²) in [6.45, 7) is 5.43. The SMILES string of the molecule is CCNC(=O)[C@H](Cc1ccccc1)N(Cc1ccc(Br)cc1)C(=O)CN(c1cc(C)ccc1OC)S(=O)(=O)c1ccc(C)cc1. The molecular weight excluding hydrogens is 654 g/mol. The Hall–Kier alpha value is -4.15. The van der Waals surface area contributed by atoms with E-state index in [9.17, 15) is 18.0 Å². The molecule has 0 aliphatic carbocycles. The molecule has 4 rings (SSSR count). The first-order valence-corrected chi connectivity index (χ1v) is 16.9. The minimum absolute atomic E-state index is 0.0356. The number of methoxy groups -OCH3 is 1. The third-order valence-corrected chi connectivity index (χ3v) is 9.68. The fourth-order valence-electron chi connectivity index (χ4n) is 4.98. The van der Waals surface area contributed by atoms with Crippen molar-refractivity contribution in [1.82, 2.24) is 10.2 Å². The van der Waals surface area contributed by atoms with E-state index in [0.29, 0.717) is 12.3 Å². The van der Waals surface area contributed by atoms with Gasteiger partial charge < -0.3 is 15.0 Å². The predicted molar refractivity (Wildman–Crippen MR) is 181 cm³/mol. The van der Waals surface area contributed by atoms with Gasteiger partial charge in [0, 0.05) is 24.0 Å². The number of amides is 2. The number of nitrogens with one attached hydrogen (secondary N) is 1. The Morgan fingerprint density at radius 3 is 2.13 bits per heavy atom. The van der Waals surface area contributed by atoms with Crippen molar-refractivity contribution >= 4 is 43.5 Å². The Kier molecular flexibility index (Phi) is 11.4. The number of carbonyl (C=O) groups is 2. The Morgan fingerprint density at radius 2 is 1.51 bits per heavy atom. The van der Waals surface area contributed by atoms with E-state index in [4.69, 9.17) is 4.74 Å². The van der Waals surface area contributed by atoms with Gasteiger partial charge in [-0.25, -0.2) is 8.42 Å². The second kappa shape index (κ2) is 15.2. The van der Waals surface area contributed by atoms with Crippen LogP contribution in [0.25, 0.3) is 0 Å². The molecule has 0 bridgehead atoms. The molecule has 4 aromatic carbocycles. The van der Waals surface area contributed by atoms with Crippen LogP contribution in [0.15, 0.2) is 106 Å². The molecule has 1 atom stereocenters. The molecule has 0 aromatic heterocycles. The van der Waals surface area contributed by atoms with Crippen molar-refractivity contribution < 1.29 is 22.7 Å². The maximum atomic E-state index is 14.5. The molecule has 2 amide bonds. The van der Waals surface area contributed by atoms with Crippen molar-refractivity contribution in [2.75, 3.05) is 24.5 Å². The summed E-state index contributed by atoms with van der Waals surface area (Å²) in [6.07, 6.45) is 0.243. The van der Waals surface area contributed by atoms with Gasteiger partial charge in [-0.2, -0.15) is 0 Å². The fraction of sp³-hybridized carbons (Fsp3) is 0.257. The summed E-state index contributed by atoms with van der Waals surface area (Å²) in [5.41, 5.74) is 3.57. The van der Waals surface area contributed by atoms with Crippen molar-refractivity contribution in [3.63, 3.8) is 0 Å². The number of benzene rings is 4. The molecule has 10 heteroatoms. The highest BCUT2D eigenvalue weighted by Gasteiger charge is 2.35. The largest absolute Gasteiger partial charge is 0.495 e. The number of likely N-dealkylation sites (N-methyl/N-ethyl adjacent to an activating group) is 1. The maximum Gasteiger partial charge on any atom is 0.264 e. The third kappa shape index (κ3) is 8.52. The summed E-state index contributed by atoms with van der Waals surface area (Å²) in [5, 5.41) is 2.88. The van der Waals surface area contributed by atoms with Crippen molar-refractivity contribution in [3.8, 4) is 5.75 Å². The van der Waals surface area contributed by atoms with E-state index < -0.39 is 28.5 Å². The Bertz CT molecular complexity index is 1710. The van der Waals surface area contributed by atoms with Gasteiger partial charge >= 0.3 is 0 Å². The summed E-state index contributed by atoms with van der Waals surface area (Å²) < 4.78 is 36.1. The number of nitrogens with zero attached hydrogens (tertiary/aromatic N) is 2. The van der Waals surface area contributed by atoms with Crippen LogP contribution >= 0.6 is 15.9 Å². The molecule has 0 spiro atoms. The second-order valence-electron chi connectivity index (χ2n) is 10.7. The standard InChI is InChI=1S/C35H38BrN3O5S/c1-5-37-35(41)32(22-27-9-7-6-8-10-27)38(23-28-14-16-29(36)17-15-28)34(40)24-39(31-21-26(3)13-20-33(31)44-4)45(42,43)30-18-11-25(2)12-19-30/h6-21,32H,5,22-24H2,1-4H3,(H,37,41)/t32-/m0/s1. The molecule has 1 N–H and O–H groups in total. The quantitative estimate of drug-likeness (QED) is 0.184. The number of rotatable bonds is 13. The maximum absolute atomic E-state index is 14.5. The number of halogens is 1. The molecule has 0 aliphatic heterocycles. The van der Waals surface area contributed by atoms with E-state index in [2.05, 4.69) is 21.2 Å². The van der Waals surface area contributed by atoms with E-state index in [1.165, 1.54) is 24.1 Å². The highest BCUT2D eigenvalue weighted by molar-refractivity contribution is 9.10. The fourth-order valence-corrected chi connectivity index (χ4v) is 6.66. The Labute approximate surface area is 274 Å². The molecule has 0 unspecified atom stereocenters. The van der Waals surface area contributed by atoms with E-state index in [0.717, 1.165) is 31.0 Å². The molecule has 4 aromatic rings. The van der Waals surface area contributed by atoms with Gasteiger partial charge in [-0.1, -0.05) is 82.2 Å². The van der Waals surface area contributed by atoms with Gasteiger partial charge in [0.25, 0.3) is 10.0 Å². The first-order chi connectivity index (χ1) is 21.5.